The van der Waals surface area contributed by atoms with Crippen LogP contribution in [0.2, 0.25) is 0 Å². The van der Waals surface area contributed by atoms with E-state index in [1.807, 2.05) is 12.1 Å². The minimum Gasteiger partial charge on any atom is -0.497 e. The van der Waals surface area contributed by atoms with Gasteiger partial charge in [0.05, 0.1) is 19.4 Å². The molecular formula is C13H20N2O2. The Bertz CT molecular complexity index is 357. The van der Waals surface area contributed by atoms with Crippen LogP contribution >= 0.6 is 0 Å². The maximum Gasteiger partial charge on any atom is 0.122 e. The van der Waals surface area contributed by atoms with Crippen molar-refractivity contribution in [3.63, 3.8) is 0 Å². The highest BCUT2D eigenvalue weighted by Crippen LogP contribution is 2.20. The molecule has 0 radical (unpaired) electrons. The second kappa shape index (κ2) is 5.98. The monoisotopic (exact) mass is 236 g/mol. The van der Waals surface area contributed by atoms with Gasteiger partial charge in [-0.25, -0.2) is 0 Å². The maximum absolute atomic E-state index is 5.25. The van der Waals surface area contributed by atoms with Gasteiger partial charge in [-0.05, 0) is 25.5 Å². The summed E-state index contributed by atoms with van der Waals surface area (Å²) in [6.07, 6.45) is 4.27. The standard InChI is InChI=1S/C13H20N2O2/c1-16-10-12-4-3-7-15(12)9-11-8-13(17-2)5-6-14-11/h5-6,8,12H,3-4,7,9-10H2,1-2H3/t12-/m0/s1. The molecule has 1 aromatic rings. The highest BCUT2D eigenvalue weighted by Gasteiger charge is 2.24. The molecule has 4 heteroatoms. The zero-order chi connectivity index (χ0) is 12.1. The lowest BCUT2D eigenvalue weighted by molar-refractivity contribution is 0.111. The van der Waals surface area contributed by atoms with Crippen LogP contribution in [0.25, 0.3) is 0 Å². The predicted molar refractivity (Wildman–Crippen MR) is 66.1 cm³/mol. The number of nitrogens with zero attached hydrogens (tertiary/aromatic N) is 2. The number of methoxy groups -OCH3 is 2. The van der Waals surface area contributed by atoms with E-state index in [2.05, 4.69) is 9.88 Å². The van der Waals surface area contributed by atoms with E-state index < -0.39 is 0 Å². The molecule has 2 rings (SSSR count). The Balaban J connectivity index is 1.99. The van der Waals surface area contributed by atoms with Gasteiger partial charge >= 0.3 is 0 Å². The molecule has 0 aliphatic carbocycles. The fraction of sp³-hybridized carbons (Fsp3) is 0.615. The first-order valence-electron chi connectivity index (χ1n) is 6.05. The lowest BCUT2D eigenvalue weighted by atomic mass is 10.2. The van der Waals surface area contributed by atoms with E-state index in [1.165, 1.54) is 12.8 Å². The molecule has 1 aliphatic heterocycles. The first-order valence-corrected chi connectivity index (χ1v) is 6.05. The Morgan fingerprint density at radius 3 is 3.12 bits per heavy atom. The van der Waals surface area contributed by atoms with Gasteiger partial charge in [-0.3, -0.25) is 9.88 Å². The summed E-state index contributed by atoms with van der Waals surface area (Å²) in [7, 11) is 3.45. The molecule has 0 amide bonds. The maximum atomic E-state index is 5.25. The van der Waals surface area contributed by atoms with Gasteiger partial charge in [-0.1, -0.05) is 0 Å². The van der Waals surface area contributed by atoms with Crippen molar-refractivity contribution in [3.05, 3.63) is 24.0 Å². The largest absolute Gasteiger partial charge is 0.497 e. The average molecular weight is 236 g/mol. The summed E-state index contributed by atoms with van der Waals surface area (Å²) in [5, 5.41) is 0. The SMILES string of the molecule is COC[C@@H]1CCCN1Cc1cc(OC)ccn1. The molecule has 1 fully saturated rings. The second-order valence-corrected chi connectivity index (χ2v) is 4.41. The number of ether oxygens (including phenoxy) is 2. The number of hydrogen-bond donors (Lipinski definition) is 0. The summed E-state index contributed by atoms with van der Waals surface area (Å²) >= 11 is 0. The third kappa shape index (κ3) is 3.17. The molecule has 1 atom stereocenters. The Hall–Kier alpha value is -1.13. The molecule has 0 bridgehead atoms. The van der Waals surface area contributed by atoms with Crippen molar-refractivity contribution in [2.45, 2.75) is 25.4 Å². The van der Waals surface area contributed by atoms with Gasteiger partial charge in [0.1, 0.15) is 5.75 Å². The van der Waals surface area contributed by atoms with Crippen molar-refractivity contribution < 1.29 is 9.47 Å². The van der Waals surface area contributed by atoms with Gasteiger partial charge in [0.25, 0.3) is 0 Å². The van der Waals surface area contributed by atoms with Crippen molar-refractivity contribution >= 4 is 0 Å². The van der Waals surface area contributed by atoms with Crippen LogP contribution < -0.4 is 4.74 Å². The van der Waals surface area contributed by atoms with Crippen molar-refractivity contribution in [3.8, 4) is 5.75 Å². The molecule has 1 aromatic heterocycles. The van der Waals surface area contributed by atoms with E-state index in [4.69, 9.17) is 9.47 Å². The summed E-state index contributed by atoms with van der Waals surface area (Å²) in [6.45, 7) is 2.82. The number of aromatic nitrogens is 1. The van der Waals surface area contributed by atoms with Crippen LogP contribution in [0.5, 0.6) is 5.75 Å². The van der Waals surface area contributed by atoms with Crippen LogP contribution in [0.1, 0.15) is 18.5 Å². The third-order valence-corrected chi connectivity index (χ3v) is 3.25. The van der Waals surface area contributed by atoms with Crippen molar-refractivity contribution in [2.75, 3.05) is 27.4 Å². The van der Waals surface area contributed by atoms with Gasteiger partial charge < -0.3 is 9.47 Å². The quantitative estimate of drug-likeness (QED) is 0.779. The minimum absolute atomic E-state index is 0.535. The van der Waals surface area contributed by atoms with Gasteiger partial charge in [-0.15, -0.1) is 0 Å². The van der Waals surface area contributed by atoms with Gasteiger partial charge in [0.15, 0.2) is 0 Å². The molecule has 0 spiro atoms. The second-order valence-electron chi connectivity index (χ2n) is 4.41. The van der Waals surface area contributed by atoms with E-state index in [1.54, 1.807) is 20.4 Å². The molecule has 0 unspecified atom stereocenters. The van der Waals surface area contributed by atoms with Gasteiger partial charge in [0.2, 0.25) is 0 Å². The lowest BCUT2D eigenvalue weighted by Crippen LogP contribution is -2.32. The molecule has 1 saturated heterocycles. The molecule has 0 saturated carbocycles. The molecule has 0 N–H and O–H groups in total. The zero-order valence-corrected chi connectivity index (χ0v) is 10.6. The fourth-order valence-electron chi connectivity index (χ4n) is 2.36. The molecule has 94 valence electrons. The van der Waals surface area contributed by atoms with E-state index in [-0.39, 0.29) is 0 Å². The summed E-state index contributed by atoms with van der Waals surface area (Å²) in [5.74, 6) is 0.873. The molecule has 1 aliphatic rings. The van der Waals surface area contributed by atoms with Crippen molar-refractivity contribution in [2.24, 2.45) is 0 Å². The van der Waals surface area contributed by atoms with Gasteiger partial charge in [-0.2, -0.15) is 0 Å². The smallest absolute Gasteiger partial charge is 0.122 e. The summed E-state index contributed by atoms with van der Waals surface area (Å²) in [5.41, 5.74) is 1.06. The molecule has 0 aromatic carbocycles. The Labute approximate surface area is 103 Å². The Morgan fingerprint density at radius 2 is 2.35 bits per heavy atom. The van der Waals surface area contributed by atoms with E-state index >= 15 is 0 Å². The first-order chi connectivity index (χ1) is 8.33. The van der Waals surface area contributed by atoms with Gasteiger partial charge in [0, 0.05) is 32.0 Å². The Morgan fingerprint density at radius 1 is 1.47 bits per heavy atom. The number of likely N-dealkylation sites (tertiary alicyclic amines) is 1. The molecule has 2 heterocycles. The minimum atomic E-state index is 0.535. The number of rotatable bonds is 5. The first kappa shape index (κ1) is 12.3. The van der Waals surface area contributed by atoms with Crippen LogP contribution in [0.4, 0.5) is 0 Å². The van der Waals surface area contributed by atoms with E-state index in [9.17, 15) is 0 Å². The summed E-state index contributed by atoms with van der Waals surface area (Å²) in [4.78, 5) is 6.82. The average Bonchev–Trinajstić information content (AvgIpc) is 2.78. The van der Waals surface area contributed by atoms with Crippen LogP contribution in [0.15, 0.2) is 18.3 Å². The third-order valence-electron chi connectivity index (χ3n) is 3.25. The highest BCUT2D eigenvalue weighted by atomic mass is 16.5. The van der Waals surface area contributed by atoms with E-state index in [0.29, 0.717) is 6.04 Å². The Kier molecular flexibility index (Phi) is 4.34. The predicted octanol–water partition coefficient (Wildman–Crippen LogP) is 1.70. The lowest BCUT2D eigenvalue weighted by Gasteiger charge is -2.23. The molecular weight excluding hydrogens is 216 g/mol. The van der Waals surface area contributed by atoms with Crippen LogP contribution in [0.3, 0.4) is 0 Å². The van der Waals surface area contributed by atoms with Crippen LogP contribution in [-0.2, 0) is 11.3 Å². The summed E-state index contributed by atoms with van der Waals surface area (Å²) in [6, 6.07) is 4.41. The van der Waals surface area contributed by atoms with Crippen LogP contribution in [-0.4, -0.2) is 43.3 Å². The van der Waals surface area contributed by atoms with Crippen LogP contribution in [0, 0.1) is 0 Å². The number of pyridine rings is 1. The van der Waals surface area contributed by atoms with E-state index in [0.717, 1.165) is 31.1 Å². The van der Waals surface area contributed by atoms with Crippen molar-refractivity contribution in [1.82, 2.24) is 9.88 Å². The molecule has 4 nitrogen and oxygen atoms in total. The fourth-order valence-corrected chi connectivity index (χ4v) is 2.36. The number of hydrogen-bond acceptors (Lipinski definition) is 4. The molecule has 17 heavy (non-hydrogen) atoms. The zero-order valence-electron chi connectivity index (χ0n) is 10.6. The normalized spacial score (nSPS) is 20.7. The topological polar surface area (TPSA) is 34.6 Å². The summed E-state index contributed by atoms with van der Waals surface area (Å²) < 4.78 is 10.5. The van der Waals surface area contributed by atoms with Crippen molar-refractivity contribution in [1.29, 1.82) is 0 Å². The highest BCUT2D eigenvalue weighted by molar-refractivity contribution is 5.22.